The molecule has 9 nitrogen and oxygen atoms in total. The van der Waals surface area contributed by atoms with Crippen LogP contribution in [0.3, 0.4) is 0 Å². The largest absolute Gasteiger partial charge is 0.377 e. The zero-order chi connectivity index (χ0) is 16.3. The van der Waals surface area contributed by atoms with E-state index in [1.165, 1.54) is 12.1 Å². The van der Waals surface area contributed by atoms with Crippen molar-refractivity contribution in [3.63, 3.8) is 0 Å². The summed E-state index contributed by atoms with van der Waals surface area (Å²) in [6.07, 6.45) is -0.0868. The molecule has 1 unspecified atom stereocenters. The molecule has 22 heavy (non-hydrogen) atoms. The third-order valence-corrected chi connectivity index (χ3v) is 4.27. The maximum atomic E-state index is 11.3. The van der Waals surface area contributed by atoms with Crippen LogP contribution in [-0.4, -0.2) is 57.6 Å². The summed E-state index contributed by atoms with van der Waals surface area (Å²) >= 11 is 0. The van der Waals surface area contributed by atoms with E-state index in [0.29, 0.717) is 13.2 Å². The van der Waals surface area contributed by atoms with E-state index >= 15 is 0 Å². The number of anilines is 1. The molecule has 0 amide bonds. The standard InChI is InChI=1S/C12H18N4O5S/c1-15-4-5-21-9(8-15)7-14-11-3-2-10(22(13,19)20)6-12(11)16(17)18/h2-3,6,9,14H,4-5,7-8H2,1H3,(H2,13,19,20). The van der Waals surface area contributed by atoms with Gasteiger partial charge in [0.2, 0.25) is 10.0 Å². The van der Waals surface area contributed by atoms with Crippen molar-refractivity contribution in [3.8, 4) is 0 Å². The Labute approximate surface area is 128 Å². The van der Waals surface area contributed by atoms with Crippen molar-refractivity contribution in [1.29, 1.82) is 0 Å². The van der Waals surface area contributed by atoms with Gasteiger partial charge in [0.25, 0.3) is 5.69 Å². The maximum absolute atomic E-state index is 11.3. The van der Waals surface area contributed by atoms with Gasteiger partial charge in [0.05, 0.1) is 22.5 Å². The van der Waals surface area contributed by atoms with Gasteiger partial charge in [-0.15, -0.1) is 0 Å². The highest BCUT2D eigenvalue weighted by atomic mass is 32.2. The molecular formula is C12H18N4O5S. The molecule has 1 aliphatic heterocycles. The number of benzene rings is 1. The zero-order valence-electron chi connectivity index (χ0n) is 12.1. The lowest BCUT2D eigenvalue weighted by atomic mass is 10.2. The smallest absolute Gasteiger partial charge is 0.293 e. The second kappa shape index (κ2) is 6.57. The molecule has 0 spiro atoms. The van der Waals surface area contributed by atoms with Crippen molar-refractivity contribution in [2.75, 3.05) is 38.6 Å². The summed E-state index contributed by atoms with van der Waals surface area (Å²) in [6, 6.07) is 3.52. The molecule has 3 N–H and O–H groups in total. The monoisotopic (exact) mass is 330 g/mol. The minimum absolute atomic E-state index is 0.0868. The molecule has 0 aromatic heterocycles. The maximum Gasteiger partial charge on any atom is 0.293 e. The second-order valence-electron chi connectivity index (χ2n) is 5.12. The van der Waals surface area contributed by atoms with Crippen molar-refractivity contribution >= 4 is 21.4 Å². The molecule has 1 atom stereocenters. The summed E-state index contributed by atoms with van der Waals surface area (Å²) in [4.78, 5) is 12.3. The lowest BCUT2D eigenvalue weighted by Gasteiger charge is -2.30. The van der Waals surface area contributed by atoms with Gasteiger partial charge in [0.15, 0.2) is 0 Å². The number of nitro benzene ring substituents is 1. The van der Waals surface area contributed by atoms with Crippen molar-refractivity contribution in [3.05, 3.63) is 28.3 Å². The van der Waals surface area contributed by atoms with Crippen molar-refractivity contribution < 1.29 is 18.1 Å². The van der Waals surface area contributed by atoms with Crippen molar-refractivity contribution in [2.24, 2.45) is 5.14 Å². The topological polar surface area (TPSA) is 128 Å². The van der Waals surface area contributed by atoms with Gasteiger partial charge in [-0.2, -0.15) is 0 Å². The Kier molecular flexibility index (Phi) is 4.96. The number of hydrogen-bond acceptors (Lipinski definition) is 7. The van der Waals surface area contributed by atoms with Crippen LogP contribution in [0.4, 0.5) is 11.4 Å². The number of hydrogen-bond donors (Lipinski definition) is 2. The first kappa shape index (κ1) is 16.6. The Morgan fingerprint density at radius 1 is 1.55 bits per heavy atom. The van der Waals surface area contributed by atoms with Gasteiger partial charge in [0, 0.05) is 25.7 Å². The van der Waals surface area contributed by atoms with Crippen molar-refractivity contribution in [1.82, 2.24) is 4.90 Å². The van der Waals surface area contributed by atoms with Gasteiger partial charge < -0.3 is 15.0 Å². The summed E-state index contributed by atoms with van der Waals surface area (Å²) in [5.41, 5.74) is -0.107. The zero-order valence-corrected chi connectivity index (χ0v) is 12.9. The minimum atomic E-state index is -3.98. The van der Waals surface area contributed by atoms with Gasteiger partial charge in [0.1, 0.15) is 5.69 Å². The van der Waals surface area contributed by atoms with E-state index in [-0.39, 0.29) is 22.4 Å². The summed E-state index contributed by atoms with van der Waals surface area (Å²) in [7, 11) is -2.01. The second-order valence-corrected chi connectivity index (χ2v) is 6.68. The van der Waals surface area contributed by atoms with Crippen LogP contribution in [0.1, 0.15) is 0 Å². The predicted molar refractivity (Wildman–Crippen MR) is 80.2 cm³/mol. The van der Waals surface area contributed by atoms with E-state index in [1.807, 2.05) is 7.05 Å². The third kappa shape index (κ3) is 4.13. The average molecular weight is 330 g/mol. The molecule has 1 aliphatic rings. The molecule has 1 aromatic carbocycles. The predicted octanol–water partition coefficient (Wildman–Crippen LogP) is -0.0153. The number of ether oxygens (including phenoxy) is 1. The Bertz CT molecular complexity index is 663. The quantitative estimate of drug-likeness (QED) is 0.573. The number of morpholine rings is 1. The Morgan fingerprint density at radius 2 is 2.27 bits per heavy atom. The Hall–Kier alpha value is -1.75. The van der Waals surface area contributed by atoms with E-state index in [1.54, 1.807) is 0 Å². The van der Waals surface area contributed by atoms with Crippen LogP contribution in [0.15, 0.2) is 23.1 Å². The number of nitrogens with two attached hydrogens (primary N) is 1. The first-order chi connectivity index (χ1) is 10.3. The summed E-state index contributed by atoms with van der Waals surface area (Å²) in [5, 5.41) is 19.0. The number of nitrogens with one attached hydrogen (secondary N) is 1. The Balaban J connectivity index is 2.15. The van der Waals surface area contributed by atoms with Crippen LogP contribution in [-0.2, 0) is 14.8 Å². The van der Waals surface area contributed by atoms with Gasteiger partial charge in [-0.3, -0.25) is 10.1 Å². The molecular weight excluding hydrogens is 312 g/mol. The van der Waals surface area contributed by atoms with Gasteiger partial charge in [-0.1, -0.05) is 0 Å². The van der Waals surface area contributed by atoms with E-state index < -0.39 is 14.9 Å². The molecule has 1 heterocycles. The molecule has 10 heteroatoms. The Morgan fingerprint density at radius 3 is 2.86 bits per heavy atom. The van der Waals surface area contributed by atoms with Gasteiger partial charge in [-0.05, 0) is 19.2 Å². The fourth-order valence-corrected chi connectivity index (χ4v) is 2.74. The molecule has 1 aromatic rings. The molecule has 0 radical (unpaired) electrons. The summed E-state index contributed by atoms with van der Waals surface area (Å²) in [6.45, 7) is 2.56. The minimum Gasteiger partial charge on any atom is -0.377 e. The SMILES string of the molecule is CN1CCOC(CNc2ccc(S(N)(=O)=O)cc2[N+](=O)[O-])C1. The fourth-order valence-electron chi connectivity index (χ4n) is 2.20. The first-order valence-electron chi connectivity index (χ1n) is 6.62. The molecule has 1 fully saturated rings. The number of primary sulfonamides is 1. The van der Waals surface area contributed by atoms with E-state index in [9.17, 15) is 18.5 Å². The van der Waals surface area contributed by atoms with Crippen LogP contribution in [0.5, 0.6) is 0 Å². The normalized spacial score (nSPS) is 19.8. The van der Waals surface area contributed by atoms with Gasteiger partial charge >= 0.3 is 0 Å². The number of nitrogens with zero attached hydrogens (tertiary/aromatic N) is 2. The van der Waals surface area contributed by atoms with Crippen LogP contribution in [0, 0.1) is 10.1 Å². The van der Waals surface area contributed by atoms with Crippen LogP contribution < -0.4 is 10.5 Å². The van der Waals surface area contributed by atoms with Crippen LogP contribution in [0.25, 0.3) is 0 Å². The highest BCUT2D eigenvalue weighted by Gasteiger charge is 2.21. The summed E-state index contributed by atoms with van der Waals surface area (Å²) < 4.78 is 28.1. The fraction of sp³-hybridized carbons (Fsp3) is 0.500. The highest BCUT2D eigenvalue weighted by Crippen LogP contribution is 2.27. The van der Waals surface area contributed by atoms with E-state index in [0.717, 1.165) is 19.2 Å². The lowest BCUT2D eigenvalue weighted by Crippen LogP contribution is -2.43. The number of likely N-dealkylation sites (N-methyl/N-ethyl adjacent to an activating group) is 1. The van der Waals surface area contributed by atoms with E-state index in [4.69, 9.17) is 9.88 Å². The van der Waals surface area contributed by atoms with Crippen molar-refractivity contribution in [2.45, 2.75) is 11.0 Å². The molecule has 0 bridgehead atoms. The first-order valence-corrected chi connectivity index (χ1v) is 8.17. The average Bonchev–Trinajstić information content (AvgIpc) is 2.44. The number of rotatable bonds is 5. The summed E-state index contributed by atoms with van der Waals surface area (Å²) in [5.74, 6) is 0. The molecule has 2 rings (SSSR count). The van der Waals surface area contributed by atoms with E-state index in [2.05, 4.69) is 10.2 Å². The molecule has 122 valence electrons. The number of nitro groups is 1. The van der Waals surface area contributed by atoms with Crippen LogP contribution >= 0.6 is 0 Å². The molecule has 0 aliphatic carbocycles. The van der Waals surface area contributed by atoms with Crippen LogP contribution in [0.2, 0.25) is 0 Å². The lowest BCUT2D eigenvalue weighted by molar-refractivity contribution is -0.384. The molecule has 1 saturated heterocycles. The van der Waals surface area contributed by atoms with Gasteiger partial charge in [-0.25, -0.2) is 13.6 Å². The number of sulfonamides is 1. The highest BCUT2D eigenvalue weighted by molar-refractivity contribution is 7.89. The molecule has 0 saturated carbocycles. The third-order valence-electron chi connectivity index (χ3n) is 3.36.